The van der Waals surface area contributed by atoms with E-state index in [0.717, 1.165) is 18.0 Å². The van der Waals surface area contributed by atoms with Crippen LogP contribution in [0.2, 0.25) is 0 Å². The number of rotatable bonds is 3. The first kappa shape index (κ1) is 16.4. The van der Waals surface area contributed by atoms with E-state index in [4.69, 9.17) is 0 Å². The van der Waals surface area contributed by atoms with Gasteiger partial charge in [-0.3, -0.25) is 4.90 Å². The van der Waals surface area contributed by atoms with Crippen molar-refractivity contribution in [1.29, 1.82) is 0 Å². The summed E-state index contributed by atoms with van der Waals surface area (Å²) in [5.41, 5.74) is 0. The second-order valence-electron chi connectivity index (χ2n) is 6.45. The van der Waals surface area contributed by atoms with E-state index in [2.05, 4.69) is 4.90 Å². The van der Waals surface area contributed by atoms with Crippen molar-refractivity contribution in [2.24, 2.45) is 0 Å². The molecule has 1 saturated heterocycles. The highest BCUT2D eigenvalue weighted by atomic mass is 32.2. The van der Waals surface area contributed by atoms with Crippen molar-refractivity contribution in [3.63, 3.8) is 0 Å². The van der Waals surface area contributed by atoms with Crippen molar-refractivity contribution in [2.75, 3.05) is 26.2 Å². The molecule has 2 aliphatic rings. The van der Waals surface area contributed by atoms with E-state index in [1.54, 1.807) is 10.4 Å². The topological polar surface area (TPSA) is 40.6 Å². The first-order valence-corrected chi connectivity index (χ1v) is 10.6. The zero-order valence-corrected chi connectivity index (χ0v) is 15.0. The van der Waals surface area contributed by atoms with Gasteiger partial charge in [0.05, 0.1) is 0 Å². The summed E-state index contributed by atoms with van der Waals surface area (Å²) in [6.07, 6.45) is 7.97. The molecule has 0 atom stereocenters. The molecule has 1 saturated carbocycles. The maximum absolute atomic E-state index is 12.7. The Hall–Kier alpha value is -0.430. The molecule has 124 valence electrons. The Balaban J connectivity index is 1.61. The van der Waals surface area contributed by atoms with Gasteiger partial charge >= 0.3 is 0 Å². The minimum Gasteiger partial charge on any atom is -0.298 e. The lowest BCUT2D eigenvalue weighted by molar-refractivity contribution is 0.126. The van der Waals surface area contributed by atoms with Gasteiger partial charge in [0.1, 0.15) is 4.21 Å². The van der Waals surface area contributed by atoms with Crippen LogP contribution >= 0.6 is 11.3 Å². The maximum atomic E-state index is 12.7. The predicted octanol–water partition coefficient (Wildman–Crippen LogP) is 3.09. The van der Waals surface area contributed by atoms with Crippen LogP contribution in [0.4, 0.5) is 0 Å². The number of piperazine rings is 1. The molecule has 0 unspecified atom stereocenters. The molecule has 0 bridgehead atoms. The molecule has 2 heterocycles. The Morgan fingerprint density at radius 2 is 1.64 bits per heavy atom. The molecule has 2 fully saturated rings. The third-order valence-electron chi connectivity index (χ3n) is 4.92. The van der Waals surface area contributed by atoms with Crippen LogP contribution in [0.25, 0.3) is 0 Å². The van der Waals surface area contributed by atoms with Gasteiger partial charge < -0.3 is 0 Å². The number of thiophene rings is 1. The normalized spacial score (nSPS) is 23.5. The van der Waals surface area contributed by atoms with Gasteiger partial charge in [-0.1, -0.05) is 25.7 Å². The molecule has 6 heteroatoms. The molecule has 0 amide bonds. The summed E-state index contributed by atoms with van der Waals surface area (Å²) in [6.45, 7) is 4.99. The van der Waals surface area contributed by atoms with E-state index in [9.17, 15) is 8.42 Å². The number of hydrogen-bond donors (Lipinski definition) is 0. The van der Waals surface area contributed by atoms with E-state index in [1.165, 1.54) is 49.9 Å². The Kier molecular flexibility index (Phi) is 5.22. The second kappa shape index (κ2) is 6.99. The van der Waals surface area contributed by atoms with Crippen molar-refractivity contribution >= 4 is 21.4 Å². The lowest BCUT2D eigenvalue weighted by Crippen LogP contribution is -2.51. The summed E-state index contributed by atoms with van der Waals surface area (Å²) >= 11 is 1.38. The van der Waals surface area contributed by atoms with Gasteiger partial charge in [-0.2, -0.15) is 4.31 Å². The van der Waals surface area contributed by atoms with Crippen molar-refractivity contribution < 1.29 is 8.42 Å². The summed E-state index contributed by atoms with van der Waals surface area (Å²) < 4.78 is 27.5. The van der Waals surface area contributed by atoms with Crippen molar-refractivity contribution in [3.8, 4) is 0 Å². The first-order chi connectivity index (χ1) is 10.6. The van der Waals surface area contributed by atoms with Crippen molar-refractivity contribution in [1.82, 2.24) is 9.21 Å². The van der Waals surface area contributed by atoms with Gasteiger partial charge in [-0.25, -0.2) is 8.42 Å². The fourth-order valence-electron chi connectivity index (χ4n) is 3.61. The van der Waals surface area contributed by atoms with E-state index < -0.39 is 10.0 Å². The van der Waals surface area contributed by atoms with Gasteiger partial charge in [-0.15, -0.1) is 11.3 Å². The average Bonchev–Trinajstić information content (AvgIpc) is 2.80. The predicted molar refractivity (Wildman–Crippen MR) is 90.9 cm³/mol. The number of nitrogens with zero attached hydrogens (tertiary/aromatic N) is 2. The van der Waals surface area contributed by atoms with E-state index in [0.29, 0.717) is 23.3 Å². The minimum absolute atomic E-state index is 0.493. The Bertz CT molecular complexity index is 581. The fourth-order valence-corrected chi connectivity index (χ4v) is 6.47. The summed E-state index contributed by atoms with van der Waals surface area (Å²) in [7, 11) is -3.28. The number of aryl methyl sites for hydroxylation is 1. The SMILES string of the molecule is Cc1ccc(S(=O)(=O)N2CCN(C3CCCCCC3)CC2)s1. The molecule has 0 spiro atoms. The third kappa shape index (κ3) is 3.55. The number of sulfonamides is 1. The summed E-state index contributed by atoms with van der Waals surface area (Å²) in [4.78, 5) is 3.58. The lowest BCUT2D eigenvalue weighted by Gasteiger charge is -2.38. The van der Waals surface area contributed by atoms with Crippen molar-refractivity contribution in [2.45, 2.75) is 55.7 Å². The molecule has 22 heavy (non-hydrogen) atoms. The number of hydrogen-bond acceptors (Lipinski definition) is 4. The molecule has 0 aromatic carbocycles. The first-order valence-electron chi connectivity index (χ1n) is 8.38. The van der Waals surface area contributed by atoms with E-state index >= 15 is 0 Å². The highest BCUT2D eigenvalue weighted by molar-refractivity contribution is 7.91. The van der Waals surface area contributed by atoms with Gasteiger partial charge in [-0.05, 0) is 31.9 Å². The van der Waals surface area contributed by atoms with Gasteiger partial charge in [0, 0.05) is 37.1 Å². The Morgan fingerprint density at radius 1 is 1.00 bits per heavy atom. The highest BCUT2D eigenvalue weighted by Crippen LogP contribution is 2.27. The quantitative estimate of drug-likeness (QED) is 0.793. The van der Waals surface area contributed by atoms with Gasteiger partial charge in [0.2, 0.25) is 0 Å². The smallest absolute Gasteiger partial charge is 0.252 e. The Morgan fingerprint density at radius 3 is 2.18 bits per heavy atom. The lowest BCUT2D eigenvalue weighted by atomic mass is 10.1. The molecule has 4 nitrogen and oxygen atoms in total. The van der Waals surface area contributed by atoms with Crippen LogP contribution in [-0.2, 0) is 10.0 Å². The zero-order valence-electron chi connectivity index (χ0n) is 13.3. The monoisotopic (exact) mass is 342 g/mol. The van der Waals surface area contributed by atoms with E-state index in [-0.39, 0.29) is 0 Å². The van der Waals surface area contributed by atoms with Crippen molar-refractivity contribution in [3.05, 3.63) is 17.0 Å². The standard InChI is InChI=1S/C16H26N2O2S2/c1-14-8-9-16(21-14)22(19,20)18-12-10-17(11-13-18)15-6-4-2-3-5-7-15/h8-9,15H,2-7,10-13H2,1H3. The third-order valence-corrected chi connectivity index (χ3v) is 8.29. The van der Waals surface area contributed by atoms with E-state index in [1.807, 2.05) is 13.0 Å². The molecule has 1 aliphatic heterocycles. The molecular weight excluding hydrogens is 316 g/mol. The summed E-state index contributed by atoms with van der Waals surface area (Å²) in [5, 5.41) is 0. The molecule has 1 aliphatic carbocycles. The van der Waals surface area contributed by atoms with Gasteiger partial charge in [0.25, 0.3) is 10.0 Å². The van der Waals surface area contributed by atoms with Crippen LogP contribution in [0.1, 0.15) is 43.4 Å². The second-order valence-corrected chi connectivity index (χ2v) is 9.90. The summed E-state index contributed by atoms with van der Waals surface area (Å²) in [6, 6.07) is 4.31. The van der Waals surface area contributed by atoms with Crippen LogP contribution < -0.4 is 0 Å². The largest absolute Gasteiger partial charge is 0.298 e. The molecule has 3 rings (SSSR count). The highest BCUT2D eigenvalue weighted by Gasteiger charge is 2.31. The minimum atomic E-state index is -3.28. The molecule has 0 radical (unpaired) electrons. The average molecular weight is 343 g/mol. The van der Waals surface area contributed by atoms with Crippen LogP contribution in [0.3, 0.4) is 0 Å². The molecular formula is C16H26N2O2S2. The molecule has 0 N–H and O–H groups in total. The van der Waals surface area contributed by atoms with Crippen LogP contribution in [0, 0.1) is 6.92 Å². The molecule has 1 aromatic rings. The maximum Gasteiger partial charge on any atom is 0.252 e. The summed E-state index contributed by atoms with van der Waals surface area (Å²) in [5.74, 6) is 0. The zero-order chi connectivity index (χ0) is 15.6. The van der Waals surface area contributed by atoms with Crippen LogP contribution in [-0.4, -0.2) is 49.8 Å². The molecule has 1 aromatic heterocycles. The van der Waals surface area contributed by atoms with Gasteiger partial charge in [0.15, 0.2) is 0 Å². The van der Waals surface area contributed by atoms with Crippen LogP contribution in [0.15, 0.2) is 16.3 Å². The Labute approximate surface area is 138 Å². The van der Waals surface area contributed by atoms with Crippen LogP contribution in [0.5, 0.6) is 0 Å². The fraction of sp³-hybridized carbons (Fsp3) is 0.750.